The molecule has 3 aliphatic rings. The van der Waals surface area contributed by atoms with Gasteiger partial charge in [0.05, 0.1) is 34.6 Å². The smallest absolute Gasteiger partial charge is 0.283 e. The molecule has 300 valence electrons. The van der Waals surface area contributed by atoms with Crippen molar-refractivity contribution in [3.05, 3.63) is 102 Å². The Balaban J connectivity index is 1.18. The fourth-order valence-corrected chi connectivity index (χ4v) is 10.7. The van der Waals surface area contributed by atoms with E-state index in [-0.39, 0.29) is 10.6 Å². The van der Waals surface area contributed by atoms with E-state index in [1.165, 1.54) is 67.6 Å². The van der Waals surface area contributed by atoms with Gasteiger partial charge in [0, 0.05) is 48.1 Å². The molecule has 10 nitrogen and oxygen atoms in total. The maximum absolute atomic E-state index is 13.7. The van der Waals surface area contributed by atoms with Gasteiger partial charge in [-0.1, -0.05) is 44.4 Å². The summed E-state index contributed by atoms with van der Waals surface area (Å²) < 4.78 is 36.4. The number of hydrogen-bond donors (Lipinski definition) is 1. The van der Waals surface area contributed by atoms with Gasteiger partial charge in [0.15, 0.2) is 0 Å². The maximum Gasteiger partial charge on any atom is 0.283 e. The molecule has 1 N–H and O–H groups in total. The molecular formula is C47H52N6O4S. The first kappa shape index (κ1) is 38.3. The molecule has 11 heteroatoms. The number of likely N-dealkylation sites (tertiary alicyclic amines) is 1. The van der Waals surface area contributed by atoms with Crippen LogP contribution in [-0.2, 0) is 16.6 Å². The van der Waals surface area contributed by atoms with Gasteiger partial charge in [0.2, 0.25) is 0 Å². The molecule has 3 aromatic carbocycles. The Hall–Kier alpha value is -5.26. The minimum absolute atomic E-state index is 0.0331. The predicted molar refractivity (Wildman–Crippen MR) is 231 cm³/mol. The van der Waals surface area contributed by atoms with Crippen LogP contribution in [0.5, 0.6) is 5.75 Å². The summed E-state index contributed by atoms with van der Waals surface area (Å²) in [5, 5.41) is 2.17. The first-order chi connectivity index (χ1) is 28.3. The summed E-state index contributed by atoms with van der Waals surface area (Å²) in [4.78, 5) is 29.2. The van der Waals surface area contributed by atoms with E-state index in [1.54, 1.807) is 31.4 Å². The van der Waals surface area contributed by atoms with E-state index in [2.05, 4.69) is 62.4 Å². The molecule has 0 unspecified atom stereocenters. The van der Waals surface area contributed by atoms with E-state index in [9.17, 15) is 13.2 Å². The third-order valence-corrected chi connectivity index (χ3v) is 14.1. The predicted octanol–water partition coefficient (Wildman–Crippen LogP) is 9.04. The van der Waals surface area contributed by atoms with Gasteiger partial charge in [0.1, 0.15) is 17.1 Å². The number of amides is 1. The van der Waals surface area contributed by atoms with Crippen molar-refractivity contribution in [1.82, 2.24) is 24.2 Å². The summed E-state index contributed by atoms with van der Waals surface area (Å²) in [6, 6.07) is 28.5. The van der Waals surface area contributed by atoms with Gasteiger partial charge in [-0.25, -0.2) is 23.1 Å². The number of benzene rings is 3. The average molecular weight is 797 g/mol. The van der Waals surface area contributed by atoms with Crippen LogP contribution in [0.15, 0.2) is 95.9 Å². The minimum Gasteiger partial charge on any atom is -0.497 e. The van der Waals surface area contributed by atoms with Gasteiger partial charge < -0.3 is 19.1 Å². The van der Waals surface area contributed by atoms with Crippen LogP contribution in [0.1, 0.15) is 80.3 Å². The zero-order valence-electron chi connectivity index (χ0n) is 33.5. The maximum atomic E-state index is 13.7. The summed E-state index contributed by atoms with van der Waals surface area (Å²) in [6.45, 7) is 8.05. The highest BCUT2D eigenvalue weighted by Gasteiger charge is 2.33. The standard InChI is InChI=1S/C47H52N6O4S/c1-3-51-27-10-11-32(31-51)26-28-52-29-30-53-45(39-22-24-41-37(44(39)52)20-23-40(48-41)33-16-18-35(57-2)19-17-33)43(34-12-6-4-7-13-34)38-21-25-42(49-46(38)53)47(54)50-58(55,56)36-14-8-5-9-15-36/h5,8-9,14-25,32,34H,3-4,6-7,10-13,26-31H2,1-2H3,(H,50,54)/t32-/m1/s1. The second kappa shape index (κ2) is 16.2. The van der Waals surface area contributed by atoms with E-state index < -0.39 is 15.9 Å². The van der Waals surface area contributed by atoms with Gasteiger partial charge in [-0.05, 0) is 135 Å². The number of carbonyl (C=O) groups is 1. The van der Waals surface area contributed by atoms with Crippen LogP contribution in [0.3, 0.4) is 0 Å². The summed E-state index contributed by atoms with van der Waals surface area (Å²) in [5.41, 5.74) is 8.54. The summed E-state index contributed by atoms with van der Waals surface area (Å²) >= 11 is 0. The Morgan fingerprint density at radius 3 is 2.40 bits per heavy atom. The fraction of sp³-hybridized carbons (Fsp3) is 0.383. The van der Waals surface area contributed by atoms with Crippen molar-refractivity contribution in [3.8, 4) is 28.3 Å². The fourth-order valence-electron chi connectivity index (χ4n) is 9.73. The van der Waals surface area contributed by atoms with Crippen molar-refractivity contribution in [1.29, 1.82) is 0 Å². The molecule has 5 heterocycles. The van der Waals surface area contributed by atoms with Crippen molar-refractivity contribution in [2.45, 2.75) is 75.6 Å². The molecular weight excluding hydrogens is 745 g/mol. The largest absolute Gasteiger partial charge is 0.497 e. The molecule has 9 rings (SSSR count). The molecule has 3 aromatic heterocycles. The number of nitrogens with one attached hydrogen (secondary N) is 1. The van der Waals surface area contributed by atoms with Gasteiger partial charge in [0.25, 0.3) is 15.9 Å². The number of rotatable bonds is 10. The Kier molecular flexibility index (Phi) is 10.7. The molecule has 2 fully saturated rings. The molecule has 2 aliphatic heterocycles. The first-order valence-electron chi connectivity index (χ1n) is 21.0. The molecule has 1 saturated heterocycles. The van der Waals surface area contributed by atoms with E-state index >= 15 is 0 Å². The Morgan fingerprint density at radius 2 is 1.62 bits per heavy atom. The summed E-state index contributed by atoms with van der Waals surface area (Å²) in [5.74, 6) is 1.06. The summed E-state index contributed by atoms with van der Waals surface area (Å²) in [7, 11) is -2.40. The lowest BCUT2D eigenvalue weighted by molar-refractivity contribution is 0.0977. The normalized spacial score (nSPS) is 17.8. The van der Waals surface area contributed by atoms with Crippen molar-refractivity contribution in [3.63, 3.8) is 0 Å². The van der Waals surface area contributed by atoms with Crippen LogP contribution < -0.4 is 14.4 Å². The number of carbonyl (C=O) groups excluding carboxylic acids is 1. The van der Waals surface area contributed by atoms with E-state index in [1.807, 2.05) is 18.2 Å². The lowest BCUT2D eigenvalue weighted by Crippen LogP contribution is -2.37. The van der Waals surface area contributed by atoms with Gasteiger partial charge >= 0.3 is 0 Å². The third-order valence-electron chi connectivity index (χ3n) is 12.7. The second-order valence-corrected chi connectivity index (χ2v) is 17.9. The SMILES string of the molecule is CCN1CCC[C@H](CCN2CCn3c(c(C4CCCCC4)c4ccc(C(=O)NS(=O)(=O)c5ccccc5)nc43)-c3ccc4nc(-c5ccc(OC)cc5)ccc4c32)C1. The Labute approximate surface area is 341 Å². The van der Waals surface area contributed by atoms with Crippen molar-refractivity contribution >= 4 is 43.6 Å². The van der Waals surface area contributed by atoms with Gasteiger partial charge in [-0.2, -0.15) is 0 Å². The highest BCUT2D eigenvalue weighted by Crippen LogP contribution is 2.49. The molecule has 0 radical (unpaired) electrons. The van der Waals surface area contributed by atoms with Crippen LogP contribution >= 0.6 is 0 Å². The summed E-state index contributed by atoms with van der Waals surface area (Å²) in [6.07, 6.45) is 9.37. The number of fused-ring (bicyclic) bond motifs is 7. The molecule has 0 bridgehead atoms. The van der Waals surface area contributed by atoms with Crippen LogP contribution in [0, 0.1) is 5.92 Å². The van der Waals surface area contributed by atoms with Gasteiger partial charge in [-0.3, -0.25) is 4.79 Å². The van der Waals surface area contributed by atoms with Crippen LogP contribution in [-0.4, -0.2) is 73.6 Å². The number of piperidine rings is 1. The second-order valence-electron chi connectivity index (χ2n) is 16.2. The quantitative estimate of drug-likeness (QED) is 0.146. The molecule has 1 atom stereocenters. The number of hydrogen-bond acceptors (Lipinski definition) is 8. The van der Waals surface area contributed by atoms with Crippen molar-refractivity contribution < 1.29 is 17.9 Å². The van der Waals surface area contributed by atoms with Crippen LogP contribution in [0.2, 0.25) is 0 Å². The number of anilines is 1. The molecule has 1 saturated carbocycles. The van der Waals surface area contributed by atoms with Crippen LogP contribution in [0.4, 0.5) is 5.69 Å². The van der Waals surface area contributed by atoms with E-state index in [0.717, 1.165) is 90.1 Å². The number of aromatic nitrogens is 3. The topological polar surface area (TPSA) is 110 Å². The lowest BCUT2D eigenvalue weighted by Gasteiger charge is -2.34. The lowest BCUT2D eigenvalue weighted by atomic mass is 9.81. The molecule has 6 aromatic rings. The van der Waals surface area contributed by atoms with Crippen LogP contribution in [0.25, 0.3) is 44.5 Å². The third kappa shape index (κ3) is 7.34. The molecule has 0 spiro atoms. The number of sulfonamides is 1. The minimum atomic E-state index is -4.08. The Bertz CT molecular complexity index is 2570. The number of ether oxygens (including phenoxy) is 1. The monoisotopic (exact) mass is 796 g/mol. The Morgan fingerprint density at radius 1 is 0.828 bits per heavy atom. The number of pyridine rings is 2. The first-order valence-corrected chi connectivity index (χ1v) is 22.5. The molecule has 1 amide bonds. The number of nitrogens with zero attached hydrogens (tertiary/aromatic N) is 5. The molecule has 1 aliphatic carbocycles. The van der Waals surface area contributed by atoms with E-state index in [4.69, 9.17) is 14.7 Å². The highest BCUT2D eigenvalue weighted by molar-refractivity contribution is 7.90. The molecule has 58 heavy (non-hydrogen) atoms. The highest BCUT2D eigenvalue weighted by atomic mass is 32.2. The zero-order chi connectivity index (χ0) is 39.8. The van der Waals surface area contributed by atoms with Gasteiger partial charge in [-0.15, -0.1) is 0 Å². The van der Waals surface area contributed by atoms with E-state index in [0.29, 0.717) is 18.4 Å². The van der Waals surface area contributed by atoms with Crippen molar-refractivity contribution in [2.75, 3.05) is 44.7 Å². The zero-order valence-corrected chi connectivity index (χ0v) is 34.3. The van der Waals surface area contributed by atoms with Crippen molar-refractivity contribution in [2.24, 2.45) is 5.92 Å². The number of methoxy groups -OCH3 is 1. The average Bonchev–Trinajstić information content (AvgIpc) is 3.50.